The number of aromatic nitrogens is 2. The summed E-state index contributed by atoms with van der Waals surface area (Å²) in [6.07, 6.45) is 7.13. The molecule has 0 fully saturated rings. The fraction of sp³-hybridized carbons (Fsp3) is 0.500. The third-order valence-electron chi connectivity index (χ3n) is 5.92. The van der Waals surface area contributed by atoms with E-state index < -0.39 is 11.9 Å². The maximum absolute atomic E-state index is 12.4. The second-order valence-corrected chi connectivity index (χ2v) is 8.28. The second kappa shape index (κ2) is 10.4. The highest BCUT2D eigenvalue weighted by molar-refractivity contribution is 5.81. The molecular formula is C24H29N3O5. The van der Waals surface area contributed by atoms with Crippen molar-refractivity contribution in [2.45, 2.75) is 57.3 Å². The summed E-state index contributed by atoms with van der Waals surface area (Å²) in [7, 11) is 0. The van der Waals surface area contributed by atoms with Gasteiger partial charge >= 0.3 is 5.97 Å². The molecule has 0 amide bonds. The van der Waals surface area contributed by atoms with Crippen molar-refractivity contribution in [2.75, 3.05) is 25.1 Å². The zero-order chi connectivity index (χ0) is 22.3. The number of ether oxygens (including phenoxy) is 2. The molecule has 0 aromatic carbocycles. The van der Waals surface area contributed by atoms with Crippen LogP contribution >= 0.6 is 0 Å². The summed E-state index contributed by atoms with van der Waals surface area (Å²) in [4.78, 5) is 33.0. The Bertz CT molecular complexity index is 978. The van der Waals surface area contributed by atoms with Crippen LogP contribution in [0.4, 0.5) is 5.82 Å². The maximum Gasteiger partial charge on any atom is 0.311 e. The molecule has 0 spiro atoms. The molecule has 1 atom stereocenters. The van der Waals surface area contributed by atoms with Crippen LogP contribution < -0.4 is 14.8 Å². The van der Waals surface area contributed by atoms with Crippen LogP contribution in [0.5, 0.6) is 11.6 Å². The highest BCUT2D eigenvalue weighted by Gasteiger charge is 2.24. The van der Waals surface area contributed by atoms with Gasteiger partial charge in [-0.2, -0.15) is 0 Å². The lowest BCUT2D eigenvalue weighted by molar-refractivity contribution is -0.139. The number of nitrogens with zero attached hydrogens (tertiary/aromatic N) is 2. The van der Waals surface area contributed by atoms with Crippen molar-refractivity contribution in [1.82, 2.24) is 9.97 Å². The molecular weight excluding hydrogens is 410 g/mol. The third kappa shape index (κ3) is 5.55. The number of unbranched alkanes of at least 4 members (excludes halogenated alkanes) is 1. The lowest BCUT2D eigenvalue weighted by Crippen LogP contribution is -2.18. The molecule has 2 aromatic rings. The Morgan fingerprint density at radius 2 is 2.03 bits per heavy atom. The highest BCUT2D eigenvalue weighted by Crippen LogP contribution is 2.32. The van der Waals surface area contributed by atoms with E-state index in [-0.39, 0.29) is 18.6 Å². The van der Waals surface area contributed by atoms with Gasteiger partial charge < -0.3 is 19.9 Å². The molecule has 0 saturated heterocycles. The van der Waals surface area contributed by atoms with E-state index in [1.165, 1.54) is 11.8 Å². The summed E-state index contributed by atoms with van der Waals surface area (Å²) in [5.74, 6) is 0.152. The number of hydrogen-bond acceptors (Lipinski definition) is 7. The van der Waals surface area contributed by atoms with Crippen molar-refractivity contribution in [2.24, 2.45) is 0 Å². The first kappa shape index (κ1) is 22.0. The lowest BCUT2D eigenvalue weighted by atomic mass is 9.93. The molecule has 0 radical (unpaired) electrons. The number of carboxylic acid groups (broad SMARTS) is 1. The van der Waals surface area contributed by atoms with Crippen molar-refractivity contribution in [1.29, 1.82) is 0 Å². The maximum atomic E-state index is 12.4. The van der Waals surface area contributed by atoms with Crippen LogP contribution in [0.15, 0.2) is 24.4 Å². The minimum atomic E-state index is -0.969. The molecule has 170 valence electrons. The molecule has 4 rings (SSSR count). The number of aryl methyl sites for hydroxylation is 2. The van der Waals surface area contributed by atoms with Gasteiger partial charge in [-0.3, -0.25) is 9.59 Å². The van der Waals surface area contributed by atoms with E-state index in [0.29, 0.717) is 36.8 Å². The molecule has 8 heteroatoms. The van der Waals surface area contributed by atoms with Gasteiger partial charge in [-0.05, 0) is 61.8 Å². The highest BCUT2D eigenvalue weighted by atomic mass is 16.6. The first-order valence-corrected chi connectivity index (χ1v) is 11.3. The number of hydrogen-bond donors (Lipinski definition) is 2. The standard InChI is InChI=1S/C24H29N3O5/c28-19(6-2-1-5-18-8-7-16-4-3-11-25-22(16)27-18)9-10-20(24(29)30)17-14-21-23(26-15-17)32-13-12-31-21/h7-8,14-15,20H,1-6,9-13H2,(H,25,27)(H,29,30)/t20-/m1/s1. The molecule has 0 bridgehead atoms. The summed E-state index contributed by atoms with van der Waals surface area (Å²) in [6.45, 7) is 1.80. The zero-order valence-corrected chi connectivity index (χ0v) is 18.1. The number of carbonyl (C=O) groups excluding carboxylic acids is 1. The van der Waals surface area contributed by atoms with Crippen molar-refractivity contribution >= 4 is 17.6 Å². The van der Waals surface area contributed by atoms with Crippen LogP contribution in [0, 0.1) is 0 Å². The minimum absolute atomic E-state index is 0.0850. The van der Waals surface area contributed by atoms with Gasteiger partial charge in [-0.25, -0.2) is 9.97 Å². The smallest absolute Gasteiger partial charge is 0.311 e. The van der Waals surface area contributed by atoms with Crippen LogP contribution in [-0.2, 0) is 22.4 Å². The van der Waals surface area contributed by atoms with E-state index in [4.69, 9.17) is 9.47 Å². The van der Waals surface area contributed by atoms with Crippen molar-refractivity contribution in [3.05, 3.63) is 41.2 Å². The molecule has 0 unspecified atom stereocenters. The number of carbonyl (C=O) groups is 2. The number of ketones is 1. The Morgan fingerprint density at radius 3 is 2.91 bits per heavy atom. The number of nitrogens with one attached hydrogen (secondary N) is 1. The van der Waals surface area contributed by atoms with E-state index >= 15 is 0 Å². The third-order valence-corrected chi connectivity index (χ3v) is 5.92. The monoisotopic (exact) mass is 439 g/mol. The normalized spacial score (nSPS) is 15.4. The van der Waals surface area contributed by atoms with E-state index in [1.807, 2.05) is 0 Å². The Hall–Kier alpha value is -3.16. The van der Waals surface area contributed by atoms with E-state index in [1.54, 1.807) is 6.07 Å². The Labute approximate surface area is 187 Å². The first-order chi connectivity index (χ1) is 15.6. The average Bonchev–Trinajstić information content (AvgIpc) is 2.81. The molecule has 2 N–H and O–H groups in total. The average molecular weight is 440 g/mol. The Balaban J connectivity index is 1.22. The Morgan fingerprint density at radius 1 is 1.16 bits per heavy atom. The summed E-state index contributed by atoms with van der Waals surface area (Å²) >= 11 is 0. The fourth-order valence-corrected chi connectivity index (χ4v) is 4.14. The predicted molar refractivity (Wildman–Crippen MR) is 118 cm³/mol. The molecule has 0 aliphatic carbocycles. The summed E-state index contributed by atoms with van der Waals surface area (Å²) in [5, 5.41) is 13.0. The molecule has 0 saturated carbocycles. The summed E-state index contributed by atoms with van der Waals surface area (Å²) in [6, 6.07) is 5.88. The fourth-order valence-electron chi connectivity index (χ4n) is 4.14. The van der Waals surface area contributed by atoms with Gasteiger partial charge in [-0.15, -0.1) is 0 Å². The number of fused-ring (bicyclic) bond motifs is 2. The van der Waals surface area contributed by atoms with Crippen LogP contribution in [0.25, 0.3) is 0 Å². The second-order valence-electron chi connectivity index (χ2n) is 8.28. The van der Waals surface area contributed by atoms with E-state index in [9.17, 15) is 14.7 Å². The Kier molecular flexibility index (Phi) is 7.19. The summed E-state index contributed by atoms with van der Waals surface area (Å²) in [5.41, 5.74) is 2.85. The number of Topliss-reactive ketones (excluding diaryl/α,β-unsaturated/α-hetero) is 1. The van der Waals surface area contributed by atoms with Gasteiger partial charge in [0.25, 0.3) is 5.88 Å². The number of pyridine rings is 2. The topological polar surface area (TPSA) is 111 Å². The number of carboxylic acids is 1. The molecule has 8 nitrogen and oxygen atoms in total. The molecule has 2 aliphatic rings. The predicted octanol–water partition coefficient (Wildman–Crippen LogP) is 3.54. The SMILES string of the molecule is O=C(CCCCc1ccc2c(n1)NCCC2)CC[C@@H](C(=O)O)c1cnc2c(c1)OCCO2. The first-order valence-electron chi connectivity index (χ1n) is 11.3. The van der Waals surface area contributed by atoms with Gasteiger partial charge in [-0.1, -0.05) is 6.07 Å². The van der Waals surface area contributed by atoms with Gasteiger partial charge in [0, 0.05) is 31.3 Å². The van der Waals surface area contributed by atoms with Gasteiger partial charge in [0.05, 0.1) is 5.92 Å². The molecule has 32 heavy (non-hydrogen) atoms. The molecule has 4 heterocycles. The van der Waals surface area contributed by atoms with Crippen LogP contribution in [0.3, 0.4) is 0 Å². The van der Waals surface area contributed by atoms with Crippen molar-refractivity contribution < 1.29 is 24.2 Å². The van der Waals surface area contributed by atoms with Crippen LogP contribution in [-0.4, -0.2) is 46.6 Å². The molecule has 2 aliphatic heterocycles. The minimum Gasteiger partial charge on any atom is -0.484 e. The molecule has 2 aromatic heterocycles. The lowest BCUT2D eigenvalue weighted by Gasteiger charge is -2.19. The van der Waals surface area contributed by atoms with Crippen LogP contribution in [0.1, 0.15) is 61.3 Å². The largest absolute Gasteiger partial charge is 0.484 e. The number of rotatable bonds is 10. The van der Waals surface area contributed by atoms with E-state index in [2.05, 4.69) is 27.4 Å². The van der Waals surface area contributed by atoms with Crippen LogP contribution in [0.2, 0.25) is 0 Å². The number of anilines is 1. The zero-order valence-electron chi connectivity index (χ0n) is 18.1. The summed E-state index contributed by atoms with van der Waals surface area (Å²) < 4.78 is 10.9. The van der Waals surface area contributed by atoms with Gasteiger partial charge in [0.1, 0.15) is 24.8 Å². The van der Waals surface area contributed by atoms with Gasteiger partial charge in [0.15, 0.2) is 5.75 Å². The number of aliphatic carboxylic acids is 1. The van der Waals surface area contributed by atoms with Gasteiger partial charge in [0.2, 0.25) is 0 Å². The van der Waals surface area contributed by atoms with Crippen molar-refractivity contribution in [3.63, 3.8) is 0 Å². The quantitative estimate of drug-likeness (QED) is 0.541. The van der Waals surface area contributed by atoms with E-state index in [0.717, 1.165) is 50.2 Å². The van der Waals surface area contributed by atoms with Crippen molar-refractivity contribution in [3.8, 4) is 11.6 Å².